The predicted molar refractivity (Wildman–Crippen MR) is 125 cm³/mol. The van der Waals surface area contributed by atoms with E-state index in [1.54, 1.807) is 49.4 Å². The van der Waals surface area contributed by atoms with Crippen molar-refractivity contribution in [1.29, 1.82) is 0 Å². The molecule has 0 aromatic heterocycles. The van der Waals surface area contributed by atoms with Crippen LogP contribution in [-0.4, -0.2) is 45.6 Å². The molecule has 180 valence electrons. The third-order valence-electron chi connectivity index (χ3n) is 4.35. The van der Waals surface area contributed by atoms with E-state index in [9.17, 15) is 18.3 Å². The quantitative estimate of drug-likeness (QED) is 0.185. The standard InChI is InChI=1S/C24H30O8S/c1-4-6-14-30-22-16-19(17-23(24(25)26)29-5-2)9-12-21(22)31-15-13-18-7-10-20(11-8-18)32-33(3,27)28/h7-12,16-17H,4-6,13-15H2,1-3H3,(H,25,26)/b23-17-. The summed E-state index contributed by atoms with van der Waals surface area (Å²) in [6.07, 6.45) is 4.88. The van der Waals surface area contributed by atoms with Crippen molar-refractivity contribution in [1.82, 2.24) is 0 Å². The Balaban J connectivity index is 2.09. The Hall–Kier alpha value is -3.20. The van der Waals surface area contributed by atoms with E-state index < -0.39 is 16.1 Å². The Morgan fingerprint density at radius 2 is 1.70 bits per heavy atom. The maximum absolute atomic E-state index is 11.3. The fraction of sp³-hybridized carbons (Fsp3) is 0.375. The van der Waals surface area contributed by atoms with Gasteiger partial charge in [-0.1, -0.05) is 31.5 Å². The molecule has 33 heavy (non-hydrogen) atoms. The van der Waals surface area contributed by atoms with E-state index in [-0.39, 0.29) is 18.1 Å². The van der Waals surface area contributed by atoms with Gasteiger partial charge in [0.2, 0.25) is 5.76 Å². The van der Waals surface area contributed by atoms with Gasteiger partial charge in [0, 0.05) is 6.42 Å². The lowest BCUT2D eigenvalue weighted by Crippen LogP contribution is -2.07. The number of unbranched alkanes of at least 4 members (excludes halogenated alkanes) is 1. The molecule has 9 heteroatoms. The minimum atomic E-state index is -3.56. The molecule has 0 bridgehead atoms. The summed E-state index contributed by atoms with van der Waals surface area (Å²) in [5.74, 6) is 0.0432. The van der Waals surface area contributed by atoms with Gasteiger partial charge >= 0.3 is 16.1 Å². The van der Waals surface area contributed by atoms with Crippen LogP contribution in [0, 0.1) is 0 Å². The SMILES string of the molecule is CCCCOc1cc(/C=C(\OCC)C(=O)O)ccc1OCCc1ccc(OS(C)(=O)=O)cc1. The normalized spacial score (nSPS) is 11.7. The van der Waals surface area contributed by atoms with Gasteiger partial charge in [-0.3, -0.25) is 0 Å². The summed E-state index contributed by atoms with van der Waals surface area (Å²) in [4.78, 5) is 11.3. The third-order valence-corrected chi connectivity index (χ3v) is 4.85. The summed E-state index contributed by atoms with van der Waals surface area (Å²) in [5, 5.41) is 9.27. The number of hydrogen-bond acceptors (Lipinski definition) is 7. The highest BCUT2D eigenvalue weighted by atomic mass is 32.2. The van der Waals surface area contributed by atoms with Crippen molar-refractivity contribution in [3.05, 3.63) is 59.4 Å². The minimum Gasteiger partial charge on any atom is -0.490 e. The van der Waals surface area contributed by atoms with E-state index in [0.29, 0.717) is 36.7 Å². The Morgan fingerprint density at radius 1 is 1.00 bits per heavy atom. The highest BCUT2D eigenvalue weighted by Crippen LogP contribution is 2.30. The Labute approximate surface area is 194 Å². The molecule has 0 aliphatic rings. The van der Waals surface area contributed by atoms with Crippen LogP contribution in [-0.2, 0) is 26.1 Å². The Bertz CT molecular complexity index is 1040. The first kappa shape index (κ1) is 26.1. The summed E-state index contributed by atoms with van der Waals surface area (Å²) in [6.45, 7) is 4.91. The molecule has 0 atom stereocenters. The van der Waals surface area contributed by atoms with Crippen molar-refractivity contribution >= 4 is 22.2 Å². The summed E-state index contributed by atoms with van der Waals surface area (Å²) >= 11 is 0. The van der Waals surface area contributed by atoms with Gasteiger partial charge in [-0.2, -0.15) is 8.42 Å². The zero-order chi connectivity index (χ0) is 24.3. The van der Waals surface area contributed by atoms with Crippen LogP contribution in [0.1, 0.15) is 37.8 Å². The van der Waals surface area contributed by atoms with Crippen molar-refractivity contribution in [2.75, 3.05) is 26.1 Å². The van der Waals surface area contributed by atoms with E-state index in [4.69, 9.17) is 18.4 Å². The molecule has 0 amide bonds. The van der Waals surface area contributed by atoms with E-state index in [1.807, 2.05) is 0 Å². The van der Waals surface area contributed by atoms with Crippen molar-refractivity contribution in [3.8, 4) is 17.2 Å². The van der Waals surface area contributed by atoms with Gasteiger partial charge < -0.3 is 23.5 Å². The maximum atomic E-state index is 11.3. The van der Waals surface area contributed by atoms with Crippen LogP contribution >= 0.6 is 0 Å². The molecular weight excluding hydrogens is 448 g/mol. The molecule has 0 aliphatic carbocycles. The molecule has 1 N–H and O–H groups in total. The molecule has 0 heterocycles. The average Bonchev–Trinajstić information content (AvgIpc) is 2.75. The molecule has 2 aromatic carbocycles. The van der Waals surface area contributed by atoms with Gasteiger partial charge in [0.15, 0.2) is 11.5 Å². The van der Waals surface area contributed by atoms with Gasteiger partial charge in [0.25, 0.3) is 0 Å². The van der Waals surface area contributed by atoms with Crippen molar-refractivity contribution in [2.24, 2.45) is 0 Å². The highest BCUT2D eigenvalue weighted by Gasteiger charge is 2.11. The second-order valence-electron chi connectivity index (χ2n) is 7.18. The van der Waals surface area contributed by atoms with Crippen molar-refractivity contribution in [3.63, 3.8) is 0 Å². The smallest absolute Gasteiger partial charge is 0.371 e. The van der Waals surface area contributed by atoms with Gasteiger partial charge in [0.05, 0.1) is 26.1 Å². The van der Waals surface area contributed by atoms with E-state index in [2.05, 4.69) is 6.92 Å². The van der Waals surface area contributed by atoms with Crippen LogP contribution < -0.4 is 13.7 Å². The van der Waals surface area contributed by atoms with E-state index >= 15 is 0 Å². The van der Waals surface area contributed by atoms with Crippen LogP contribution in [0.2, 0.25) is 0 Å². The zero-order valence-corrected chi connectivity index (χ0v) is 19.9. The largest absolute Gasteiger partial charge is 0.490 e. The molecule has 0 radical (unpaired) electrons. The number of benzene rings is 2. The highest BCUT2D eigenvalue weighted by molar-refractivity contribution is 7.86. The molecule has 2 aromatic rings. The van der Waals surface area contributed by atoms with E-state index in [1.165, 1.54) is 6.08 Å². The summed E-state index contributed by atoms with van der Waals surface area (Å²) < 4.78 is 44.2. The number of hydrogen-bond donors (Lipinski definition) is 1. The first-order valence-electron chi connectivity index (χ1n) is 10.7. The van der Waals surface area contributed by atoms with Crippen LogP contribution in [0.25, 0.3) is 6.08 Å². The molecule has 8 nitrogen and oxygen atoms in total. The molecule has 0 unspecified atom stereocenters. The first-order chi connectivity index (χ1) is 15.7. The van der Waals surface area contributed by atoms with Crippen molar-refractivity contribution in [2.45, 2.75) is 33.1 Å². The lowest BCUT2D eigenvalue weighted by atomic mass is 10.1. The Morgan fingerprint density at radius 3 is 2.30 bits per heavy atom. The molecular formula is C24H30O8S. The number of carbonyl (C=O) groups is 1. The maximum Gasteiger partial charge on any atom is 0.371 e. The third kappa shape index (κ3) is 9.44. The number of carboxylic acid groups (broad SMARTS) is 1. The van der Waals surface area contributed by atoms with Crippen LogP contribution in [0.5, 0.6) is 17.2 Å². The van der Waals surface area contributed by atoms with Crippen LogP contribution in [0.15, 0.2) is 48.2 Å². The second-order valence-corrected chi connectivity index (χ2v) is 8.76. The topological polar surface area (TPSA) is 108 Å². The van der Waals surface area contributed by atoms with Crippen molar-refractivity contribution < 1.29 is 36.7 Å². The zero-order valence-electron chi connectivity index (χ0n) is 19.1. The fourth-order valence-corrected chi connectivity index (χ4v) is 3.27. The van der Waals surface area contributed by atoms with Gasteiger partial charge in [0.1, 0.15) is 5.75 Å². The monoisotopic (exact) mass is 478 g/mol. The molecule has 2 rings (SSSR count). The molecule has 0 spiro atoms. The van der Waals surface area contributed by atoms with Gasteiger partial charge in [-0.15, -0.1) is 0 Å². The summed E-state index contributed by atoms with van der Waals surface area (Å²) in [7, 11) is -3.56. The van der Waals surface area contributed by atoms with Gasteiger partial charge in [-0.05, 0) is 54.8 Å². The second kappa shape index (κ2) is 12.7. The van der Waals surface area contributed by atoms with Gasteiger partial charge in [-0.25, -0.2) is 4.79 Å². The lowest BCUT2D eigenvalue weighted by Gasteiger charge is -2.14. The average molecular weight is 479 g/mol. The summed E-state index contributed by atoms with van der Waals surface area (Å²) in [6, 6.07) is 11.9. The molecule has 0 saturated carbocycles. The lowest BCUT2D eigenvalue weighted by molar-refractivity contribution is -0.136. The van der Waals surface area contributed by atoms with Crippen LogP contribution in [0.4, 0.5) is 0 Å². The van der Waals surface area contributed by atoms with E-state index in [0.717, 1.165) is 24.7 Å². The number of ether oxygens (including phenoxy) is 3. The number of aliphatic carboxylic acids is 1. The molecule has 0 fully saturated rings. The summed E-state index contributed by atoms with van der Waals surface area (Å²) in [5.41, 5.74) is 1.58. The first-order valence-corrected chi connectivity index (χ1v) is 12.5. The molecule has 0 aliphatic heterocycles. The number of carboxylic acids is 1. The van der Waals surface area contributed by atoms with Crippen LogP contribution in [0.3, 0.4) is 0 Å². The predicted octanol–water partition coefficient (Wildman–Crippen LogP) is 4.29. The fourth-order valence-electron chi connectivity index (χ4n) is 2.81. The minimum absolute atomic E-state index is 0.144. The molecule has 0 saturated heterocycles. The number of rotatable bonds is 14. The Kier molecular flexibility index (Phi) is 10.1.